The lowest BCUT2D eigenvalue weighted by atomic mass is 9.81. The monoisotopic (exact) mass is 735 g/mol. The van der Waals surface area contributed by atoms with Crippen LogP contribution in [-0.4, -0.2) is 0 Å². The van der Waals surface area contributed by atoms with Crippen LogP contribution in [0.1, 0.15) is 68.4 Å². The Morgan fingerprint density at radius 1 is 0.526 bits per heavy atom. The molecule has 11 rings (SSSR count). The van der Waals surface area contributed by atoms with Gasteiger partial charge in [0.2, 0.25) is 0 Å². The fourth-order valence-corrected chi connectivity index (χ4v) is 10.3. The van der Waals surface area contributed by atoms with Gasteiger partial charge in [0.25, 0.3) is 0 Å². The Morgan fingerprint density at radius 2 is 1.19 bits per heavy atom. The van der Waals surface area contributed by atoms with E-state index >= 15 is 0 Å². The lowest BCUT2D eigenvalue weighted by Crippen LogP contribution is -2.21. The summed E-state index contributed by atoms with van der Waals surface area (Å²) in [6, 6.07) is 56.0. The third kappa shape index (κ3) is 5.03. The Labute approximate surface area is 335 Å². The topological polar surface area (TPSA) is 16.4 Å². The highest BCUT2D eigenvalue weighted by atomic mass is 16.3. The molecule has 8 aromatic rings. The summed E-state index contributed by atoms with van der Waals surface area (Å²) >= 11 is 0. The molecule has 3 aliphatic rings. The van der Waals surface area contributed by atoms with Gasteiger partial charge >= 0.3 is 0 Å². The molecule has 2 heteroatoms. The molecular formula is C55H45NO. The normalized spacial score (nSPS) is 18.2. The zero-order valence-electron chi connectivity index (χ0n) is 33.2. The first kappa shape index (κ1) is 33.9. The summed E-state index contributed by atoms with van der Waals surface area (Å²) in [5.74, 6) is 0.651. The van der Waals surface area contributed by atoms with Crippen LogP contribution >= 0.6 is 0 Å². The van der Waals surface area contributed by atoms with Gasteiger partial charge in [0.05, 0.1) is 0 Å². The van der Waals surface area contributed by atoms with Crippen molar-refractivity contribution < 1.29 is 4.42 Å². The molecular weight excluding hydrogens is 691 g/mol. The zero-order valence-corrected chi connectivity index (χ0v) is 33.2. The average Bonchev–Trinajstić information content (AvgIpc) is 3.81. The van der Waals surface area contributed by atoms with Crippen molar-refractivity contribution in [2.24, 2.45) is 5.92 Å². The van der Waals surface area contributed by atoms with Crippen molar-refractivity contribution in [1.29, 1.82) is 0 Å². The summed E-state index contributed by atoms with van der Waals surface area (Å²) in [6.07, 6.45) is 7.18. The van der Waals surface area contributed by atoms with Gasteiger partial charge in [0.1, 0.15) is 11.2 Å². The zero-order chi connectivity index (χ0) is 38.6. The van der Waals surface area contributed by atoms with Crippen molar-refractivity contribution in [3.63, 3.8) is 0 Å². The number of nitrogens with zero attached hydrogens (tertiary/aromatic N) is 1. The first-order valence-corrected chi connectivity index (χ1v) is 20.4. The summed E-state index contributed by atoms with van der Waals surface area (Å²) in [6.45, 7) is 11.8. The standard InChI is InChI=1S/C55H45NO/c1-34-31-39(24-27-41(34)36-13-7-6-8-14-36)56(38-22-19-35(20-23-38)37-21-26-43-42-15-9-11-17-47(42)54(2,3)49(43)32-37)40-25-28-46-50(33-40)55(4,5)48-30-29-45-44-16-10-12-18-51(44)57-53(45)52(46)48/h6-34,41H,1-5H3. The Kier molecular flexibility index (Phi) is 7.32. The van der Waals surface area contributed by atoms with Crippen molar-refractivity contribution in [1.82, 2.24) is 0 Å². The molecule has 276 valence electrons. The molecule has 0 N–H and O–H groups in total. The minimum Gasteiger partial charge on any atom is -0.455 e. The van der Waals surface area contributed by atoms with Gasteiger partial charge in [-0.1, -0.05) is 162 Å². The minimum atomic E-state index is -0.202. The molecule has 0 radical (unpaired) electrons. The van der Waals surface area contributed by atoms with E-state index in [0.29, 0.717) is 11.8 Å². The minimum absolute atomic E-state index is 0.0377. The van der Waals surface area contributed by atoms with Crippen LogP contribution in [0.25, 0.3) is 55.3 Å². The van der Waals surface area contributed by atoms with E-state index in [1.54, 1.807) is 0 Å². The Hall–Kier alpha value is -6.38. The highest BCUT2D eigenvalue weighted by Gasteiger charge is 2.39. The molecule has 0 saturated carbocycles. The van der Waals surface area contributed by atoms with Crippen LogP contribution in [0.5, 0.6) is 0 Å². The number of allylic oxidation sites excluding steroid dienone is 3. The van der Waals surface area contributed by atoms with E-state index in [9.17, 15) is 0 Å². The highest BCUT2D eigenvalue weighted by molar-refractivity contribution is 6.12. The third-order valence-electron chi connectivity index (χ3n) is 13.4. The van der Waals surface area contributed by atoms with E-state index in [1.807, 2.05) is 0 Å². The first-order valence-electron chi connectivity index (χ1n) is 20.4. The van der Waals surface area contributed by atoms with E-state index in [2.05, 4.69) is 209 Å². The second-order valence-corrected chi connectivity index (χ2v) is 17.4. The SMILES string of the molecule is CC1C=C(N(c2ccc(-c3ccc4c(c3)C(C)(C)c3ccccc3-4)cc2)c2ccc3c(c2)C(C)(C)c2ccc4c(oc5ccccc54)c2-3)C=CC1c1ccccc1. The molecule has 2 nitrogen and oxygen atoms in total. The number of rotatable bonds is 5. The molecule has 2 unspecified atom stereocenters. The van der Waals surface area contributed by atoms with Gasteiger partial charge in [-0.2, -0.15) is 0 Å². The lowest BCUT2D eigenvalue weighted by Gasteiger charge is -2.32. The number of hydrogen-bond donors (Lipinski definition) is 0. The van der Waals surface area contributed by atoms with E-state index in [-0.39, 0.29) is 10.8 Å². The summed E-state index contributed by atoms with van der Waals surface area (Å²) in [5.41, 5.74) is 19.6. The summed E-state index contributed by atoms with van der Waals surface area (Å²) in [7, 11) is 0. The van der Waals surface area contributed by atoms with Crippen molar-refractivity contribution in [2.75, 3.05) is 4.90 Å². The van der Waals surface area contributed by atoms with Gasteiger partial charge in [-0.05, 0) is 104 Å². The summed E-state index contributed by atoms with van der Waals surface area (Å²) in [5, 5.41) is 2.34. The van der Waals surface area contributed by atoms with Gasteiger partial charge in [-0.15, -0.1) is 0 Å². The molecule has 0 amide bonds. The molecule has 1 aromatic heterocycles. The van der Waals surface area contributed by atoms with Crippen LogP contribution in [0.4, 0.5) is 11.4 Å². The fraction of sp³-hybridized carbons (Fsp3) is 0.164. The number of benzene rings is 7. The van der Waals surface area contributed by atoms with Crippen LogP contribution < -0.4 is 4.90 Å². The van der Waals surface area contributed by atoms with Gasteiger partial charge < -0.3 is 9.32 Å². The molecule has 2 atom stereocenters. The van der Waals surface area contributed by atoms with Gasteiger partial charge in [-0.25, -0.2) is 0 Å². The second-order valence-electron chi connectivity index (χ2n) is 17.4. The predicted molar refractivity (Wildman–Crippen MR) is 238 cm³/mol. The van der Waals surface area contributed by atoms with Gasteiger partial charge in [0, 0.05) is 50.2 Å². The largest absolute Gasteiger partial charge is 0.455 e. The molecule has 1 heterocycles. The fourth-order valence-electron chi connectivity index (χ4n) is 10.3. The number of anilines is 2. The number of furan rings is 1. The predicted octanol–water partition coefficient (Wildman–Crippen LogP) is 14.9. The van der Waals surface area contributed by atoms with Gasteiger partial charge in [-0.3, -0.25) is 0 Å². The number of hydrogen-bond acceptors (Lipinski definition) is 2. The van der Waals surface area contributed by atoms with Crippen LogP contribution in [0.3, 0.4) is 0 Å². The Bertz CT molecular complexity index is 2970. The molecule has 57 heavy (non-hydrogen) atoms. The molecule has 0 spiro atoms. The number of fused-ring (bicyclic) bond motifs is 10. The van der Waals surface area contributed by atoms with Crippen molar-refractivity contribution in [3.05, 3.63) is 203 Å². The molecule has 0 fully saturated rings. The third-order valence-corrected chi connectivity index (χ3v) is 13.4. The van der Waals surface area contributed by atoms with Crippen LogP contribution in [0.15, 0.2) is 180 Å². The molecule has 0 saturated heterocycles. The summed E-state index contributed by atoms with van der Waals surface area (Å²) in [4.78, 5) is 2.45. The highest BCUT2D eigenvalue weighted by Crippen LogP contribution is 2.54. The smallest absolute Gasteiger partial charge is 0.143 e. The van der Waals surface area contributed by atoms with Crippen LogP contribution in [0, 0.1) is 5.92 Å². The molecule has 0 bridgehead atoms. The van der Waals surface area contributed by atoms with Crippen LogP contribution in [-0.2, 0) is 10.8 Å². The Balaban J connectivity index is 1.02. The second kappa shape index (κ2) is 12.3. The van der Waals surface area contributed by atoms with E-state index in [0.717, 1.165) is 22.5 Å². The molecule has 3 aliphatic carbocycles. The maximum atomic E-state index is 6.62. The number of para-hydroxylation sites is 1. The quantitative estimate of drug-likeness (QED) is 0.175. The van der Waals surface area contributed by atoms with E-state index in [1.165, 1.54) is 77.7 Å². The van der Waals surface area contributed by atoms with E-state index < -0.39 is 0 Å². The molecule has 0 aliphatic heterocycles. The van der Waals surface area contributed by atoms with E-state index in [4.69, 9.17) is 4.42 Å². The lowest BCUT2D eigenvalue weighted by molar-refractivity contribution is 0.628. The maximum Gasteiger partial charge on any atom is 0.143 e. The average molecular weight is 736 g/mol. The van der Waals surface area contributed by atoms with Crippen LogP contribution in [0.2, 0.25) is 0 Å². The first-order chi connectivity index (χ1) is 27.7. The van der Waals surface area contributed by atoms with Crippen molar-refractivity contribution in [2.45, 2.75) is 51.4 Å². The van der Waals surface area contributed by atoms with Gasteiger partial charge in [0.15, 0.2) is 0 Å². The Morgan fingerprint density at radius 3 is 2.02 bits per heavy atom. The van der Waals surface area contributed by atoms with Crippen molar-refractivity contribution >= 4 is 33.3 Å². The molecule has 7 aromatic carbocycles. The van der Waals surface area contributed by atoms with Crippen molar-refractivity contribution in [3.8, 4) is 33.4 Å². The maximum absolute atomic E-state index is 6.62. The summed E-state index contributed by atoms with van der Waals surface area (Å²) < 4.78 is 6.62.